The summed E-state index contributed by atoms with van der Waals surface area (Å²) in [5, 5.41) is 3.55. The van der Waals surface area contributed by atoms with Gasteiger partial charge in [-0.25, -0.2) is 0 Å². The minimum Gasteiger partial charge on any atom is -0.355 e. The number of amides is 1. The zero-order chi connectivity index (χ0) is 27.4. The van der Waals surface area contributed by atoms with E-state index in [-0.39, 0.29) is 17.4 Å². The summed E-state index contributed by atoms with van der Waals surface area (Å²) in [6.45, 7) is 3.95. The van der Waals surface area contributed by atoms with Crippen molar-refractivity contribution in [2.75, 3.05) is 26.2 Å². The zero-order valence-electron chi connectivity index (χ0n) is 21.6. The highest BCUT2D eigenvalue weighted by molar-refractivity contribution is 6.31. The minimum atomic E-state index is -4.60. The number of aromatic nitrogens is 1. The van der Waals surface area contributed by atoms with E-state index in [2.05, 4.69) is 14.8 Å². The minimum absolute atomic E-state index is 0.0261. The first kappa shape index (κ1) is 27.3. The number of nitrogens with one attached hydrogen (secondary N) is 1. The third-order valence-electron chi connectivity index (χ3n) is 7.43. The Bertz CT molecular complexity index is 1430. The number of hydrogen-bond donors (Lipinski definition) is 1. The normalized spacial score (nSPS) is 15.1. The monoisotopic (exact) mass is 553 g/mol. The predicted octanol–water partition coefficient (Wildman–Crippen LogP) is 7.10. The van der Waals surface area contributed by atoms with Gasteiger partial charge in [0.05, 0.1) is 10.6 Å². The molecule has 1 saturated heterocycles. The number of para-hydroxylation sites is 1. The number of nitrogens with zero attached hydrogens (tertiary/aromatic N) is 2. The second-order valence-corrected chi connectivity index (χ2v) is 10.5. The van der Waals surface area contributed by atoms with Crippen LogP contribution in [0.4, 0.5) is 13.2 Å². The highest BCUT2D eigenvalue weighted by atomic mass is 35.5. The summed E-state index contributed by atoms with van der Waals surface area (Å²) >= 11 is 5.95. The van der Waals surface area contributed by atoms with E-state index < -0.39 is 17.7 Å². The Labute approximate surface area is 231 Å². The van der Waals surface area contributed by atoms with Gasteiger partial charge in [0.25, 0.3) is 0 Å². The fourth-order valence-electron chi connectivity index (χ4n) is 5.47. The average molecular weight is 554 g/mol. The van der Waals surface area contributed by atoms with Crippen LogP contribution in [0, 0.1) is 0 Å². The highest BCUT2D eigenvalue weighted by Crippen LogP contribution is 2.40. The lowest BCUT2D eigenvalue weighted by Gasteiger charge is -2.20. The van der Waals surface area contributed by atoms with Crippen LogP contribution < -0.4 is 5.32 Å². The second kappa shape index (κ2) is 11.8. The number of alkyl halides is 3. The first-order valence-corrected chi connectivity index (χ1v) is 13.6. The Balaban J connectivity index is 1.51. The Morgan fingerprint density at radius 1 is 0.974 bits per heavy atom. The van der Waals surface area contributed by atoms with Crippen molar-refractivity contribution in [2.24, 2.45) is 0 Å². The maximum absolute atomic E-state index is 13.8. The smallest absolute Gasteiger partial charge is 0.355 e. The third-order valence-corrected chi connectivity index (χ3v) is 7.76. The molecule has 0 bridgehead atoms. The summed E-state index contributed by atoms with van der Waals surface area (Å²) in [5.74, 6) is -0.778. The molecule has 0 aliphatic carbocycles. The standard InChI is InChI=1S/C31H31ClF3N3O/c32-28-13-12-23(18-27(28)31(33,34)35)25(19-30(39)36-14-17-37-15-6-7-16-37)26-21-38(20-22-8-2-1-3-9-22)29-11-5-4-10-24(26)29/h1-5,8-13,18,21,25H,6-7,14-17,19-20H2,(H,36,39)/t25-/m1/s1. The van der Waals surface area contributed by atoms with Gasteiger partial charge in [-0.1, -0.05) is 66.2 Å². The fraction of sp³-hybridized carbons (Fsp3) is 0.323. The van der Waals surface area contributed by atoms with Crippen molar-refractivity contribution in [1.29, 1.82) is 0 Å². The largest absolute Gasteiger partial charge is 0.417 e. The van der Waals surface area contributed by atoms with Gasteiger partial charge in [-0.2, -0.15) is 13.2 Å². The molecule has 3 aromatic carbocycles. The van der Waals surface area contributed by atoms with Crippen molar-refractivity contribution in [2.45, 2.75) is 37.9 Å². The zero-order valence-corrected chi connectivity index (χ0v) is 22.3. The quantitative estimate of drug-likeness (QED) is 0.240. The summed E-state index contributed by atoms with van der Waals surface area (Å²) in [7, 11) is 0. The van der Waals surface area contributed by atoms with Gasteiger partial charge in [0.2, 0.25) is 5.91 Å². The highest BCUT2D eigenvalue weighted by Gasteiger charge is 2.34. The van der Waals surface area contributed by atoms with Gasteiger partial charge in [0.1, 0.15) is 0 Å². The summed E-state index contributed by atoms with van der Waals surface area (Å²) in [6.07, 6.45) is -0.265. The number of fused-ring (bicyclic) bond motifs is 1. The maximum atomic E-state index is 13.8. The van der Waals surface area contributed by atoms with E-state index in [4.69, 9.17) is 11.6 Å². The molecule has 4 nitrogen and oxygen atoms in total. The molecule has 39 heavy (non-hydrogen) atoms. The van der Waals surface area contributed by atoms with Crippen molar-refractivity contribution in [1.82, 2.24) is 14.8 Å². The molecule has 1 aromatic heterocycles. The van der Waals surface area contributed by atoms with Gasteiger partial charge >= 0.3 is 6.18 Å². The third kappa shape index (κ3) is 6.48. The van der Waals surface area contributed by atoms with Crippen LogP contribution in [0.1, 0.15) is 47.4 Å². The number of carbonyl (C=O) groups is 1. The number of likely N-dealkylation sites (tertiary alicyclic amines) is 1. The maximum Gasteiger partial charge on any atom is 0.417 e. The summed E-state index contributed by atoms with van der Waals surface area (Å²) in [4.78, 5) is 15.5. The van der Waals surface area contributed by atoms with E-state index in [1.807, 2.05) is 60.8 Å². The predicted molar refractivity (Wildman–Crippen MR) is 149 cm³/mol. The molecule has 0 unspecified atom stereocenters. The van der Waals surface area contributed by atoms with Gasteiger partial charge in [-0.3, -0.25) is 4.79 Å². The molecule has 204 valence electrons. The van der Waals surface area contributed by atoms with Crippen LogP contribution in [-0.4, -0.2) is 41.6 Å². The van der Waals surface area contributed by atoms with Gasteiger partial charge in [0.15, 0.2) is 0 Å². The first-order valence-electron chi connectivity index (χ1n) is 13.3. The summed E-state index contributed by atoms with van der Waals surface area (Å²) in [6, 6.07) is 21.8. The lowest BCUT2D eigenvalue weighted by molar-refractivity contribution is -0.137. The molecule has 8 heteroatoms. The van der Waals surface area contributed by atoms with Crippen LogP contribution in [0.3, 0.4) is 0 Å². The van der Waals surface area contributed by atoms with E-state index in [1.54, 1.807) is 6.07 Å². The molecule has 1 amide bonds. The molecular weight excluding hydrogens is 523 g/mol. The average Bonchev–Trinajstić information content (AvgIpc) is 3.56. The molecule has 1 atom stereocenters. The van der Waals surface area contributed by atoms with Crippen molar-refractivity contribution in [3.05, 3.63) is 106 Å². The molecule has 0 saturated carbocycles. The summed E-state index contributed by atoms with van der Waals surface area (Å²) in [5.41, 5.74) is 2.39. The number of hydrogen-bond acceptors (Lipinski definition) is 2. The Hall–Kier alpha value is -3.29. The van der Waals surface area contributed by atoms with E-state index in [0.29, 0.717) is 18.7 Å². The van der Waals surface area contributed by atoms with Crippen LogP contribution in [0.15, 0.2) is 79.0 Å². The van der Waals surface area contributed by atoms with Crippen LogP contribution in [-0.2, 0) is 17.5 Å². The Kier molecular flexibility index (Phi) is 8.29. The van der Waals surface area contributed by atoms with Crippen LogP contribution in [0.25, 0.3) is 10.9 Å². The van der Waals surface area contributed by atoms with E-state index in [1.165, 1.54) is 18.9 Å². The van der Waals surface area contributed by atoms with Crippen LogP contribution in [0.5, 0.6) is 0 Å². The van der Waals surface area contributed by atoms with Crippen molar-refractivity contribution in [3.8, 4) is 0 Å². The molecule has 4 aromatic rings. The van der Waals surface area contributed by atoms with Crippen LogP contribution in [0.2, 0.25) is 5.02 Å². The Morgan fingerprint density at radius 2 is 1.69 bits per heavy atom. The van der Waals surface area contributed by atoms with E-state index in [9.17, 15) is 18.0 Å². The molecule has 1 aliphatic heterocycles. The topological polar surface area (TPSA) is 37.3 Å². The molecule has 1 fully saturated rings. The van der Waals surface area contributed by atoms with Crippen LogP contribution >= 0.6 is 11.6 Å². The lowest BCUT2D eigenvalue weighted by Crippen LogP contribution is -2.34. The van der Waals surface area contributed by atoms with Gasteiger partial charge in [-0.05, 0) is 60.8 Å². The fourth-order valence-corrected chi connectivity index (χ4v) is 5.69. The molecule has 0 radical (unpaired) electrons. The van der Waals surface area contributed by atoms with E-state index >= 15 is 0 Å². The summed E-state index contributed by atoms with van der Waals surface area (Å²) < 4.78 is 43.5. The SMILES string of the molecule is O=C(C[C@H](c1ccc(Cl)c(C(F)(F)F)c1)c1cn(Cc2ccccc2)c2ccccc12)NCCN1CCCC1. The number of halogens is 4. The molecule has 1 aliphatic rings. The van der Waals surface area contributed by atoms with Gasteiger partial charge in [-0.15, -0.1) is 0 Å². The molecular formula is C31H31ClF3N3O. The van der Waals surface area contributed by atoms with Crippen molar-refractivity contribution >= 4 is 28.4 Å². The number of carbonyl (C=O) groups excluding carboxylic acids is 1. The second-order valence-electron chi connectivity index (χ2n) is 10.1. The number of rotatable bonds is 9. The molecule has 0 spiro atoms. The molecule has 5 rings (SSSR count). The van der Waals surface area contributed by atoms with E-state index in [0.717, 1.165) is 47.7 Å². The Morgan fingerprint density at radius 3 is 2.44 bits per heavy atom. The lowest BCUT2D eigenvalue weighted by atomic mass is 9.87. The first-order chi connectivity index (χ1) is 18.8. The van der Waals surface area contributed by atoms with Gasteiger partial charge in [0, 0.05) is 49.1 Å². The number of benzene rings is 3. The van der Waals surface area contributed by atoms with Crippen molar-refractivity contribution in [3.63, 3.8) is 0 Å². The molecule has 2 heterocycles. The van der Waals surface area contributed by atoms with Gasteiger partial charge < -0.3 is 14.8 Å². The molecule has 1 N–H and O–H groups in total. The van der Waals surface area contributed by atoms with Crippen molar-refractivity contribution < 1.29 is 18.0 Å².